The van der Waals surface area contributed by atoms with Crippen LogP contribution in [0.1, 0.15) is 72.3 Å². The fourth-order valence-electron chi connectivity index (χ4n) is 8.31. The van der Waals surface area contributed by atoms with Gasteiger partial charge < -0.3 is 99.2 Å². The van der Waals surface area contributed by atoms with Gasteiger partial charge >= 0.3 is 17.9 Å². The Bertz CT molecular complexity index is 2650. The van der Waals surface area contributed by atoms with Crippen molar-refractivity contribution in [1.29, 1.82) is 0 Å². The predicted molar refractivity (Wildman–Crippen MR) is 283 cm³/mol. The van der Waals surface area contributed by atoms with Gasteiger partial charge in [0.2, 0.25) is 59.1 Å². The van der Waals surface area contributed by atoms with Gasteiger partial charge in [-0.2, -0.15) is 0 Å². The third kappa shape index (κ3) is 19.4. The van der Waals surface area contributed by atoms with E-state index < -0.39 is 189 Å². The fraction of sp³-hybridized carbons (Fsp3) is 0.580. The number of aliphatic carboxylic acids is 3. The zero-order valence-corrected chi connectivity index (χ0v) is 45.6. The van der Waals surface area contributed by atoms with Crippen molar-refractivity contribution in [2.45, 2.75) is 140 Å². The van der Waals surface area contributed by atoms with Gasteiger partial charge in [0, 0.05) is 30.1 Å². The zero-order chi connectivity index (χ0) is 61.7. The molecule has 1 aliphatic rings. The number of nitrogens with one attached hydrogen (secondary N) is 10. The van der Waals surface area contributed by atoms with E-state index >= 15 is 0 Å². The van der Waals surface area contributed by atoms with Gasteiger partial charge in [0.1, 0.15) is 60.4 Å². The normalized spacial score (nSPS) is 17.1. The summed E-state index contributed by atoms with van der Waals surface area (Å²) in [6.07, 6.45) is -0.663. The van der Waals surface area contributed by atoms with Gasteiger partial charge in [-0.25, -0.2) is 4.79 Å². The molecule has 1 aliphatic heterocycles. The van der Waals surface area contributed by atoms with Crippen LogP contribution in [0.2, 0.25) is 0 Å². The Hall–Kier alpha value is -8.33. The summed E-state index contributed by atoms with van der Waals surface area (Å²) in [7, 11) is 0. The number of aliphatic hydroxyl groups is 4. The van der Waals surface area contributed by atoms with Crippen LogP contribution in [0, 0.1) is 11.8 Å². The van der Waals surface area contributed by atoms with Gasteiger partial charge in [-0.1, -0.05) is 52.3 Å². The van der Waals surface area contributed by atoms with Crippen LogP contribution in [0.15, 0.2) is 30.5 Å². The highest BCUT2D eigenvalue weighted by Crippen LogP contribution is 2.22. The first-order valence-corrected chi connectivity index (χ1v) is 26.1. The lowest BCUT2D eigenvalue weighted by Crippen LogP contribution is -2.62. The minimum atomic E-state index is -2.07. The number of hydrogen-bond donors (Lipinski definition) is 18. The van der Waals surface area contributed by atoms with Crippen molar-refractivity contribution < 1.29 is 98.1 Å². The molecule has 2 heterocycles. The van der Waals surface area contributed by atoms with Crippen molar-refractivity contribution >= 4 is 87.9 Å². The maximum absolute atomic E-state index is 14.3. The number of H-pyrrole nitrogens is 1. The van der Waals surface area contributed by atoms with Gasteiger partial charge in [-0.05, 0) is 43.2 Å². The summed E-state index contributed by atoms with van der Waals surface area (Å²) in [5.74, 6) is -16.8. The molecular weight excluding hydrogens is 1090 g/mol. The second-order valence-electron chi connectivity index (χ2n) is 19.8. The van der Waals surface area contributed by atoms with Crippen molar-refractivity contribution in [3.8, 4) is 0 Å². The first-order valence-electron chi connectivity index (χ1n) is 26.1. The van der Waals surface area contributed by atoms with E-state index in [1.54, 1.807) is 52.0 Å². The number of carbonyl (C=O) groups excluding carboxylic acids is 10. The van der Waals surface area contributed by atoms with Crippen LogP contribution in [0.4, 0.5) is 0 Å². The quantitative estimate of drug-likeness (QED) is 0.0316. The van der Waals surface area contributed by atoms with Gasteiger partial charge in [-0.3, -0.25) is 57.5 Å². The second kappa shape index (κ2) is 32.2. The molecule has 1 aromatic heterocycles. The van der Waals surface area contributed by atoms with Gasteiger partial charge in [-0.15, -0.1) is 0 Å². The van der Waals surface area contributed by atoms with E-state index in [2.05, 4.69) is 36.9 Å². The summed E-state index contributed by atoms with van der Waals surface area (Å²) >= 11 is 0. The summed E-state index contributed by atoms with van der Waals surface area (Å²) in [6, 6.07) is -11.5. The summed E-state index contributed by atoms with van der Waals surface area (Å²) in [6.45, 7) is 3.25. The number of fused-ring (bicyclic) bond motifs is 1. The van der Waals surface area contributed by atoms with Crippen molar-refractivity contribution in [3.05, 3.63) is 36.0 Å². The number of benzene rings is 1. The molecule has 0 bridgehead atoms. The number of nitrogens with two attached hydrogens (primary N) is 1. The summed E-state index contributed by atoms with van der Waals surface area (Å²) in [5.41, 5.74) is 6.96. The third-order valence-electron chi connectivity index (χ3n) is 13.4. The molecule has 32 heteroatoms. The number of nitrogens with zero attached hydrogens (tertiary/aromatic N) is 1. The maximum Gasteiger partial charge on any atom is 0.328 e. The van der Waals surface area contributed by atoms with E-state index in [1.807, 2.05) is 16.0 Å². The predicted octanol–water partition coefficient (Wildman–Crippen LogP) is -6.88. The molecular formula is C50H74N12O20. The van der Waals surface area contributed by atoms with Crippen molar-refractivity contribution in [1.82, 2.24) is 57.7 Å². The van der Waals surface area contributed by atoms with E-state index in [9.17, 15) is 93.0 Å². The van der Waals surface area contributed by atoms with E-state index in [0.717, 1.165) is 11.8 Å². The van der Waals surface area contributed by atoms with Crippen LogP contribution in [0.25, 0.3) is 10.9 Å². The number of aromatic nitrogens is 1. The third-order valence-corrected chi connectivity index (χ3v) is 13.4. The van der Waals surface area contributed by atoms with Crippen LogP contribution >= 0.6 is 0 Å². The summed E-state index contributed by atoms with van der Waals surface area (Å²) < 4.78 is 0. The Balaban J connectivity index is 1.87. The molecule has 32 nitrogen and oxygen atoms in total. The lowest BCUT2D eigenvalue weighted by atomic mass is 9.96. The maximum atomic E-state index is 14.3. The first-order chi connectivity index (χ1) is 38.6. The average Bonchev–Trinajstić information content (AvgIpc) is 4.11. The molecule has 82 heavy (non-hydrogen) atoms. The highest BCUT2D eigenvalue weighted by Gasteiger charge is 2.42. The highest BCUT2D eigenvalue weighted by molar-refractivity contribution is 6.00. The van der Waals surface area contributed by atoms with Crippen molar-refractivity contribution in [2.75, 3.05) is 33.0 Å². The van der Waals surface area contributed by atoms with E-state index in [1.165, 1.54) is 6.20 Å². The largest absolute Gasteiger partial charge is 0.481 e. The molecule has 10 amide bonds. The van der Waals surface area contributed by atoms with E-state index in [0.29, 0.717) is 22.9 Å². The van der Waals surface area contributed by atoms with Crippen LogP contribution in [-0.2, 0) is 68.7 Å². The van der Waals surface area contributed by atoms with Crippen molar-refractivity contribution in [2.24, 2.45) is 17.6 Å². The number of hydrogen-bond acceptors (Lipinski definition) is 18. The number of aromatic amines is 1. The smallest absolute Gasteiger partial charge is 0.328 e. The van der Waals surface area contributed by atoms with Crippen LogP contribution < -0.4 is 53.6 Å². The highest BCUT2D eigenvalue weighted by atomic mass is 16.4. The molecule has 0 spiro atoms. The number of carboxylic acid groups (broad SMARTS) is 3. The average molecular weight is 1160 g/mol. The SMILES string of the molecule is CC[C@H](C)[C@H](NC(=O)[C@@H](N)C(C)C)C(=O)N[C@@H](CO)C(=O)N[C@@H](CC(=O)O)C(=O)N1CCC[C@H]1C(=O)N[C@@H](Cc1c[nH]c2ccccc12)C(=O)N[C@@H](CC(=O)O)C(=O)N[C@@H](CO)C(=O)N[C@@H](CO)C(=O)N[C@@H](C)C(=O)N[C@@H](CO)C(=O)O. The lowest BCUT2D eigenvalue weighted by Gasteiger charge is -2.31. The molecule has 12 atom stereocenters. The fourth-order valence-corrected chi connectivity index (χ4v) is 8.31. The molecule has 2 aromatic rings. The van der Waals surface area contributed by atoms with Gasteiger partial charge in [0.15, 0.2) is 0 Å². The van der Waals surface area contributed by atoms with Crippen LogP contribution in [-0.4, -0.2) is 222 Å². The standard InChI is InChI=1S/C50H74N12O20/c1-6-23(4)39(61-47(78)38(51)22(2)3)48(79)59-33(20-65)44(75)56-30(16-37(69)70)49(80)62-13-9-12-35(62)46(77)55-28(14-25-17-52-27-11-8-7-10-26(25)27)41(72)54-29(15-36(67)68)42(73)57-32(19-64)45(76)58-31(18-63)43(74)53-24(5)40(71)60-34(21-66)50(81)82/h7-8,10-11,17,22-24,28-35,38-39,52,63-66H,6,9,12-16,18-21,51H2,1-5H3,(H,53,74)(H,54,72)(H,55,77)(H,56,75)(H,57,73)(H,58,76)(H,59,79)(H,60,71)(H,61,78)(H,67,68)(H,69,70)(H,81,82)/t23-,24-,28-,29-,30-,31-,32-,33-,34-,35-,38-,39-/m0/s1. The van der Waals surface area contributed by atoms with Crippen LogP contribution in [0.5, 0.6) is 0 Å². The summed E-state index contributed by atoms with van der Waals surface area (Å²) in [4.78, 5) is 175. The minimum Gasteiger partial charge on any atom is -0.481 e. The van der Waals surface area contributed by atoms with Gasteiger partial charge in [0.05, 0.1) is 45.3 Å². The molecule has 454 valence electrons. The Labute approximate surface area is 468 Å². The monoisotopic (exact) mass is 1160 g/mol. The number of rotatable bonds is 33. The van der Waals surface area contributed by atoms with Gasteiger partial charge in [0.25, 0.3) is 0 Å². The number of carboxylic acids is 3. The van der Waals surface area contributed by atoms with Crippen LogP contribution in [0.3, 0.4) is 0 Å². The molecule has 0 radical (unpaired) electrons. The zero-order valence-electron chi connectivity index (χ0n) is 45.6. The molecule has 1 fully saturated rings. The Morgan fingerprint density at radius 2 is 1.06 bits per heavy atom. The first kappa shape index (κ1) is 67.9. The molecule has 0 unspecified atom stereocenters. The second-order valence-corrected chi connectivity index (χ2v) is 19.8. The molecule has 3 rings (SSSR count). The molecule has 0 aliphatic carbocycles. The number of para-hydroxylation sites is 1. The topological polar surface area (TPSA) is 517 Å². The lowest BCUT2D eigenvalue weighted by molar-refractivity contribution is -0.146. The number of likely N-dealkylation sites (tertiary alicyclic amines) is 1. The molecule has 19 N–H and O–H groups in total. The van der Waals surface area contributed by atoms with Crippen molar-refractivity contribution in [3.63, 3.8) is 0 Å². The number of aliphatic hydroxyl groups excluding tert-OH is 4. The Kier molecular flexibility index (Phi) is 26.7. The summed E-state index contributed by atoms with van der Waals surface area (Å²) in [5, 5.41) is 88.7. The molecule has 0 saturated carbocycles. The number of carbonyl (C=O) groups is 13. The minimum absolute atomic E-state index is 0.0785. The molecule has 1 aromatic carbocycles. The van der Waals surface area contributed by atoms with E-state index in [4.69, 9.17) is 10.8 Å². The van der Waals surface area contributed by atoms with E-state index in [-0.39, 0.29) is 31.7 Å². The Morgan fingerprint density at radius 1 is 0.585 bits per heavy atom. The molecule has 1 saturated heterocycles. The number of amides is 10. The Morgan fingerprint density at radius 3 is 1.59 bits per heavy atom.